The molecule has 0 bridgehead atoms. The average molecular weight is 651 g/mol. The number of hydrogen-bond acceptors (Lipinski definition) is 5. The Morgan fingerprint density at radius 2 is 1.49 bits per heavy atom. The SMILES string of the molecule is CCCCCCC(C)CCCCCCCCC(=O)OC1=C(C)C(=O)OC1=CC(C)CCCC(C)=CCCC(C)=CCCc1ccoc1. The van der Waals surface area contributed by atoms with Gasteiger partial charge in [0.15, 0.2) is 11.5 Å². The van der Waals surface area contributed by atoms with Gasteiger partial charge in [-0.1, -0.05) is 115 Å². The van der Waals surface area contributed by atoms with Gasteiger partial charge in [-0.25, -0.2) is 4.79 Å². The Morgan fingerprint density at radius 3 is 2.19 bits per heavy atom. The van der Waals surface area contributed by atoms with E-state index in [0.29, 0.717) is 23.5 Å². The van der Waals surface area contributed by atoms with Crippen molar-refractivity contribution in [1.82, 2.24) is 0 Å². The van der Waals surface area contributed by atoms with Gasteiger partial charge in [-0.05, 0) is 102 Å². The number of hydrogen-bond donors (Lipinski definition) is 0. The number of carbonyl (C=O) groups is 2. The highest BCUT2D eigenvalue weighted by Gasteiger charge is 2.30. The Balaban J connectivity index is 1.61. The summed E-state index contributed by atoms with van der Waals surface area (Å²) in [6, 6.07) is 2.03. The fourth-order valence-electron chi connectivity index (χ4n) is 6.15. The smallest absolute Gasteiger partial charge is 0.343 e. The summed E-state index contributed by atoms with van der Waals surface area (Å²) in [5, 5.41) is 0. The maximum absolute atomic E-state index is 12.6. The molecule has 264 valence electrons. The maximum Gasteiger partial charge on any atom is 0.343 e. The van der Waals surface area contributed by atoms with E-state index < -0.39 is 5.97 Å². The first-order valence-corrected chi connectivity index (χ1v) is 18.9. The first-order chi connectivity index (χ1) is 22.7. The van der Waals surface area contributed by atoms with Gasteiger partial charge in [-0.2, -0.15) is 0 Å². The molecule has 0 fully saturated rings. The molecule has 47 heavy (non-hydrogen) atoms. The zero-order chi connectivity index (χ0) is 34.3. The van der Waals surface area contributed by atoms with Gasteiger partial charge >= 0.3 is 11.9 Å². The molecule has 5 heteroatoms. The van der Waals surface area contributed by atoms with E-state index in [9.17, 15) is 9.59 Å². The Hall–Kier alpha value is -2.82. The van der Waals surface area contributed by atoms with E-state index >= 15 is 0 Å². The number of ether oxygens (including phenoxy) is 2. The minimum Gasteiger partial charge on any atom is -0.472 e. The van der Waals surface area contributed by atoms with Gasteiger partial charge in [-0.3, -0.25) is 4.79 Å². The molecule has 2 unspecified atom stereocenters. The normalized spacial score (nSPS) is 16.2. The monoisotopic (exact) mass is 650 g/mol. The molecule has 5 nitrogen and oxygen atoms in total. The van der Waals surface area contributed by atoms with Crippen LogP contribution in [-0.2, 0) is 25.5 Å². The van der Waals surface area contributed by atoms with Crippen LogP contribution in [0.4, 0.5) is 0 Å². The van der Waals surface area contributed by atoms with Crippen molar-refractivity contribution in [3.8, 4) is 0 Å². The number of unbranched alkanes of at least 4 members (excludes halogenated alkanes) is 8. The fourth-order valence-corrected chi connectivity index (χ4v) is 6.15. The van der Waals surface area contributed by atoms with Crippen molar-refractivity contribution in [3.63, 3.8) is 0 Å². The summed E-state index contributed by atoms with van der Waals surface area (Å²) in [4.78, 5) is 24.9. The zero-order valence-corrected chi connectivity index (χ0v) is 30.8. The summed E-state index contributed by atoms with van der Waals surface area (Å²) < 4.78 is 16.3. The molecule has 1 aromatic rings. The van der Waals surface area contributed by atoms with Crippen LogP contribution in [0.3, 0.4) is 0 Å². The summed E-state index contributed by atoms with van der Waals surface area (Å²) >= 11 is 0. The fraction of sp³-hybridized carbons (Fsp3) is 0.667. The van der Waals surface area contributed by atoms with Gasteiger partial charge in [0.25, 0.3) is 0 Å². The molecule has 0 aromatic carbocycles. The van der Waals surface area contributed by atoms with Crippen molar-refractivity contribution in [3.05, 3.63) is 70.6 Å². The number of rotatable bonds is 26. The predicted molar refractivity (Wildman–Crippen MR) is 195 cm³/mol. The zero-order valence-electron chi connectivity index (χ0n) is 30.8. The van der Waals surface area contributed by atoms with Crippen LogP contribution in [0.25, 0.3) is 0 Å². The van der Waals surface area contributed by atoms with Crippen LogP contribution in [0.2, 0.25) is 0 Å². The average Bonchev–Trinajstić information content (AvgIpc) is 3.64. The van der Waals surface area contributed by atoms with Gasteiger partial charge in [0.1, 0.15) is 0 Å². The van der Waals surface area contributed by atoms with Crippen molar-refractivity contribution in [2.75, 3.05) is 0 Å². The lowest BCUT2D eigenvalue weighted by molar-refractivity contribution is -0.140. The van der Waals surface area contributed by atoms with E-state index in [1.807, 2.05) is 18.4 Å². The molecule has 0 saturated carbocycles. The highest BCUT2D eigenvalue weighted by atomic mass is 16.6. The Labute approximate surface area is 287 Å². The molecule has 1 aliphatic heterocycles. The Kier molecular flexibility index (Phi) is 20.9. The first kappa shape index (κ1) is 40.4. The lowest BCUT2D eigenvalue weighted by Crippen LogP contribution is -2.06. The van der Waals surface area contributed by atoms with Crippen LogP contribution in [-0.4, -0.2) is 11.9 Å². The second-order valence-corrected chi connectivity index (χ2v) is 14.1. The van der Waals surface area contributed by atoms with Gasteiger partial charge < -0.3 is 13.9 Å². The van der Waals surface area contributed by atoms with Crippen molar-refractivity contribution in [2.24, 2.45) is 11.8 Å². The molecular weight excluding hydrogens is 584 g/mol. The Morgan fingerprint density at radius 1 is 0.830 bits per heavy atom. The minimum absolute atomic E-state index is 0.203. The van der Waals surface area contributed by atoms with Crippen molar-refractivity contribution >= 4 is 11.9 Å². The lowest BCUT2D eigenvalue weighted by atomic mass is 9.96. The van der Waals surface area contributed by atoms with Crippen LogP contribution in [0.5, 0.6) is 0 Å². The minimum atomic E-state index is -0.425. The largest absolute Gasteiger partial charge is 0.472 e. The summed E-state index contributed by atoms with van der Waals surface area (Å²) in [6.45, 7) is 12.9. The topological polar surface area (TPSA) is 65.7 Å². The van der Waals surface area contributed by atoms with E-state index in [1.54, 1.807) is 13.2 Å². The number of allylic oxidation sites excluding steroid dienone is 5. The van der Waals surface area contributed by atoms with Crippen molar-refractivity contribution in [1.29, 1.82) is 0 Å². The summed E-state index contributed by atoms with van der Waals surface area (Å²) in [5.74, 6) is 1.05. The van der Waals surface area contributed by atoms with Gasteiger partial charge in [-0.15, -0.1) is 0 Å². The second kappa shape index (κ2) is 24.3. The van der Waals surface area contributed by atoms with E-state index in [4.69, 9.17) is 13.9 Å². The highest BCUT2D eigenvalue weighted by molar-refractivity contribution is 5.94. The van der Waals surface area contributed by atoms with Crippen LogP contribution in [0.1, 0.15) is 169 Å². The van der Waals surface area contributed by atoms with Crippen LogP contribution >= 0.6 is 0 Å². The molecule has 0 aliphatic carbocycles. The van der Waals surface area contributed by atoms with Gasteiger partial charge in [0, 0.05) is 6.42 Å². The summed E-state index contributed by atoms with van der Waals surface area (Å²) in [6.07, 6.45) is 32.8. The standard InChI is InChI=1S/C42H66O5/c1-7-8-9-14-20-33(2)21-15-12-10-11-13-16-28-40(43)47-41-37(6)42(44)46-39(41)31-36(5)26-18-24-34(3)22-17-23-35(4)25-19-27-38-29-30-45-32-38/h22,25,29-33,36H,7-21,23-24,26-28H2,1-6H3. The van der Waals surface area contributed by atoms with E-state index in [-0.39, 0.29) is 11.9 Å². The third-order valence-electron chi connectivity index (χ3n) is 9.37. The molecule has 1 aliphatic rings. The van der Waals surface area contributed by atoms with E-state index in [0.717, 1.165) is 70.1 Å². The summed E-state index contributed by atoms with van der Waals surface area (Å²) in [5.41, 5.74) is 4.47. The molecule has 2 rings (SSSR count). The quantitative estimate of drug-likeness (QED) is 0.0567. The molecular formula is C42H66O5. The molecule has 0 radical (unpaired) electrons. The first-order valence-electron chi connectivity index (χ1n) is 18.9. The molecule has 0 N–H and O–H groups in total. The number of furan rings is 1. The van der Waals surface area contributed by atoms with Crippen LogP contribution < -0.4 is 0 Å². The third-order valence-corrected chi connectivity index (χ3v) is 9.37. The lowest BCUT2D eigenvalue weighted by Gasteiger charge is -2.11. The van der Waals surface area contributed by atoms with Crippen molar-refractivity contribution in [2.45, 2.75) is 170 Å². The second-order valence-electron chi connectivity index (χ2n) is 14.1. The van der Waals surface area contributed by atoms with Gasteiger partial charge in [0.2, 0.25) is 0 Å². The number of aryl methyl sites for hydroxylation is 1. The molecule has 0 saturated heterocycles. The predicted octanol–water partition coefficient (Wildman–Crippen LogP) is 12.7. The highest BCUT2D eigenvalue weighted by Crippen LogP contribution is 2.30. The van der Waals surface area contributed by atoms with E-state index in [1.165, 1.54) is 74.5 Å². The molecule has 2 heterocycles. The van der Waals surface area contributed by atoms with Gasteiger partial charge in [0.05, 0.1) is 18.1 Å². The molecule has 1 aromatic heterocycles. The number of carbonyl (C=O) groups excluding carboxylic acids is 2. The Bertz CT molecular complexity index is 1150. The summed E-state index contributed by atoms with van der Waals surface area (Å²) in [7, 11) is 0. The number of esters is 2. The van der Waals surface area contributed by atoms with E-state index in [2.05, 4.69) is 46.8 Å². The number of cyclic esters (lactones) is 1. The van der Waals surface area contributed by atoms with Crippen molar-refractivity contribution < 1.29 is 23.5 Å². The maximum atomic E-state index is 12.6. The van der Waals surface area contributed by atoms with Crippen LogP contribution in [0.15, 0.2) is 69.5 Å². The molecule has 0 amide bonds. The molecule has 2 atom stereocenters. The third kappa shape index (κ3) is 18.3. The van der Waals surface area contributed by atoms with Crippen LogP contribution in [0, 0.1) is 11.8 Å². The molecule has 0 spiro atoms.